The molecule has 1 aromatic carbocycles. The minimum atomic E-state index is -2.85. The van der Waals surface area contributed by atoms with Crippen LogP contribution in [0.3, 0.4) is 0 Å². The van der Waals surface area contributed by atoms with Crippen LogP contribution in [0.15, 0.2) is 18.2 Å². The van der Waals surface area contributed by atoms with Crippen LogP contribution < -0.4 is 14.8 Å². The lowest BCUT2D eigenvalue weighted by molar-refractivity contribution is -0.0495. The zero-order chi connectivity index (χ0) is 14.5. The van der Waals surface area contributed by atoms with E-state index in [2.05, 4.69) is 10.1 Å². The molecule has 0 bridgehead atoms. The number of ether oxygens (including phenoxy) is 3. The highest BCUT2D eigenvalue weighted by Crippen LogP contribution is 2.32. The Bertz CT molecular complexity index is 442. The Morgan fingerprint density at radius 2 is 2.20 bits per heavy atom. The molecule has 1 heterocycles. The van der Waals surface area contributed by atoms with Gasteiger partial charge in [0.05, 0.1) is 18.9 Å². The van der Waals surface area contributed by atoms with E-state index in [1.165, 1.54) is 13.2 Å². The maximum Gasteiger partial charge on any atom is 0.387 e. The molecule has 0 radical (unpaired) electrons. The van der Waals surface area contributed by atoms with Gasteiger partial charge in [0, 0.05) is 18.7 Å². The van der Waals surface area contributed by atoms with Gasteiger partial charge in [-0.15, -0.1) is 0 Å². The molecule has 6 heteroatoms. The molecule has 1 saturated heterocycles. The van der Waals surface area contributed by atoms with Gasteiger partial charge in [-0.2, -0.15) is 8.78 Å². The van der Waals surface area contributed by atoms with Gasteiger partial charge in [-0.1, -0.05) is 0 Å². The number of hydrogen-bond donors (Lipinski definition) is 1. The summed E-state index contributed by atoms with van der Waals surface area (Å²) in [6.45, 7) is -0.193. The highest BCUT2D eigenvalue weighted by atomic mass is 19.3. The predicted octanol–water partition coefficient (Wildman–Crippen LogP) is 3.28. The smallest absolute Gasteiger partial charge is 0.387 e. The molecule has 1 N–H and O–H groups in total. The normalized spacial score (nSPS) is 22.6. The molecule has 0 aromatic heterocycles. The van der Waals surface area contributed by atoms with Gasteiger partial charge in [0.2, 0.25) is 0 Å². The van der Waals surface area contributed by atoms with Crippen LogP contribution in [-0.4, -0.2) is 32.5 Å². The van der Waals surface area contributed by atoms with Gasteiger partial charge in [-0.25, -0.2) is 0 Å². The molecular weight excluding hydrogens is 268 g/mol. The summed E-state index contributed by atoms with van der Waals surface area (Å²) < 4.78 is 40.0. The van der Waals surface area contributed by atoms with Crippen LogP contribution in [0.4, 0.5) is 14.5 Å². The topological polar surface area (TPSA) is 39.7 Å². The zero-order valence-electron chi connectivity index (χ0n) is 11.6. The number of methoxy groups -OCH3 is 1. The number of anilines is 1. The molecule has 2 unspecified atom stereocenters. The third-order valence-corrected chi connectivity index (χ3v) is 3.25. The van der Waals surface area contributed by atoms with E-state index in [0.29, 0.717) is 18.0 Å². The molecular formula is C14H19F2NO3. The first-order valence-electron chi connectivity index (χ1n) is 6.59. The highest BCUT2D eigenvalue weighted by molar-refractivity contribution is 5.60. The number of alkyl halides is 2. The fourth-order valence-electron chi connectivity index (χ4n) is 2.30. The van der Waals surface area contributed by atoms with Gasteiger partial charge in [0.25, 0.3) is 0 Å². The molecule has 0 spiro atoms. The standard InChI is InChI=1S/C14H19F2NO3/c1-9-7-10(5-6-19-9)17-12-8-11(18-2)3-4-13(12)20-14(15)16/h3-4,8-10,14,17H,5-7H2,1-2H3. The number of nitrogens with one attached hydrogen (secondary N) is 1. The van der Waals surface area contributed by atoms with Crippen LogP contribution in [-0.2, 0) is 4.74 Å². The molecule has 1 aromatic rings. The molecule has 0 amide bonds. The van der Waals surface area contributed by atoms with Crippen molar-refractivity contribution in [2.45, 2.75) is 38.5 Å². The van der Waals surface area contributed by atoms with Crippen molar-refractivity contribution in [3.05, 3.63) is 18.2 Å². The highest BCUT2D eigenvalue weighted by Gasteiger charge is 2.21. The maximum absolute atomic E-state index is 12.4. The Labute approximate surface area is 117 Å². The second-order valence-electron chi connectivity index (χ2n) is 4.79. The van der Waals surface area contributed by atoms with Crippen molar-refractivity contribution in [3.8, 4) is 11.5 Å². The fraction of sp³-hybridized carbons (Fsp3) is 0.571. The first-order chi connectivity index (χ1) is 9.58. The van der Waals surface area contributed by atoms with Crippen LogP contribution in [0.2, 0.25) is 0 Å². The maximum atomic E-state index is 12.4. The number of halogens is 2. The van der Waals surface area contributed by atoms with E-state index in [-0.39, 0.29) is 17.9 Å². The van der Waals surface area contributed by atoms with E-state index < -0.39 is 6.61 Å². The van der Waals surface area contributed by atoms with Gasteiger partial charge in [-0.3, -0.25) is 0 Å². The van der Waals surface area contributed by atoms with Gasteiger partial charge in [0.15, 0.2) is 0 Å². The van der Waals surface area contributed by atoms with E-state index in [9.17, 15) is 8.78 Å². The van der Waals surface area contributed by atoms with Crippen LogP contribution in [0.25, 0.3) is 0 Å². The van der Waals surface area contributed by atoms with E-state index in [1.54, 1.807) is 12.1 Å². The van der Waals surface area contributed by atoms with Gasteiger partial charge in [-0.05, 0) is 31.9 Å². The second-order valence-corrected chi connectivity index (χ2v) is 4.79. The molecule has 2 rings (SSSR count). The molecule has 0 aliphatic carbocycles. The van der Waals surface area contributed by atoms with Crippen molar-refractivity contribution in [3.63, 3.8) is 0 Å². The number of hydrogen-bond acceptors (Lipinski definition) is 4. The van der Waals surface area contributed by atoms with Crippen LogP contribution in [0, 0.1) is 0 Å². The first kappa shape index (κ1) is 14.8. The molecule has 2 atom stereocenters. The Kier molecular flexibility index (Phi) is 5.00. The SMILES string of the molecule is COc1ccc(OC(F)F)c(NC2CCOC(C)C2)c1. The quantitative estimate of drug-likeness (QED) is 0.902. The van der Waals surface area contributed by atoms with Crippen LogP contribution in [0.1, 0.15) is 19.8 Å². The summed E-state index contributed by atoms with van der Waals surface area (Å²) >= 11 is 0. The molecule has 4 nitrogen and oxygen atoms in total. The Morgan fingerprint density at radius 3 is 2.85 bits per heavy atom. The second kappa shape index (κ2) is 6.74. The molecule has 1 aliphatic rings. The zero-order valence-corrected chi connectivity index (χ0v) is 11.6. The van der Waals surface area contributed by atoms with Crippen molar-refractivity contribution < 1.29 is 23.0 Å². The summed E-state index contributed by atoms with van der Waals surface area (Å²) in [5.74, 6) is 0.717. The van der Waals surface area contributed by atoms with Crippen molar-refractivity contribution in [1.82, 2.24) is 0 Å². The Balaban J connectivity index is 2.14. The molecule has 1 aliphatic heterocycles. The first-order valence-corrected chi connectivity index (χ1v) is 6.59. The molecule has 20 heavy (non-hydrogen) atoms. The fourth-order valence-corrected chi connectivity index (χ4v) is 2.30. The molecule has 112 valence electrons. The van der Waals surface area contributed by atoms with Gasteiger partial charge in [0.1, 0.15) is 11.5 Å². The van der Waals surface area contributed by atoms with Crippen LogP contribution in [0.5, 0.6) is 11.5 Å². The molecule has 0 saturated carbocycles. The van der Waals surface area contributed by atoms with E-state index in [0.717, 1.165) is 12.8 Å². The lowest BCUT2D eigenvalue weighted by atomic mass is 10.0. The monoisotopic (exact) mass is 287 g/mol. The lowest BCUT2D eigenvalue weighted by Gasteiger charge is -2.29. The molecule has 1 fully saturated rings. The third-order valence-electron chi connectivity index (χ3n) is 3.25. The minimum absolute atomic E-state index is 0.125. The minimum Gasteiger partial charge on any atom is -0.497 e. The summed E-state index contributed by atoms with van der Waals surface area (Å²) in [6.07, 6.45) is 1.81. The van der Waals surface area contributed by atoms with Crippen molar-refractivity contribution >= 4 is 5.69 Å². The summed E-state index contributed by atoms with van der Waals surface area (Å²) in [5, 5.41) is 3.24. The summed E-state index contributed by atoms with van der Waals surface area (Å²) in [6, 6.07) is 4.91. The van der Waals surface area contributed by atoms with Crippen molar-refractivity contribution in [2.75, 3.05) is 19.0 Å². The summed E-state index contributed by atoms with van der Waals surface area (Å²) in [4.78, 5) is 0. The van der Waals surface area contributed by atoms with Crippen molar-refractivity contribution in [1.29, 1.82) is 0 Å². The Hall–Kier alpha value is -1.56. The third kappa shape index (κ3) is 3.96. The van der Waals surface area contributed by atoms with E-state index in [1.807, 2.05) is 6.92 Å². The lowest BCUT2D eigenvalue weighted by Crippen LogP contribution is -2.32. The van der Waals surface area contributed by atoms with Crippen LogP contribution >= 0.6 is 0 Å². The van der Waals surface area contributed by atoms with E-state index in [4.69, 9.17) is 9.47 Å². The van der Waals surface area contributed by atoms with Crippen molar-refractivity contribution in [2.24, 2.45) is 0 Å². The number of rotatable bonds is 5. The van der Waals surface area contributed by atoms with E-state index >= 15 is 0 Å². The summed E-state index contributed by atoms with van der Waals surface area (Å²) in [5.41, 5.74) is 0.517. The van der Waals surface area contributed by atoms with Gasteiger partial charge < -0.3 is 19.5 Å². The largest absolute Gasteiger partial charge is 0.497 e. The average molecular weight is 287 g/mol. The average Bonchev–Trinajstić information content (AvgIpc) is 2.40. The number of benzene rings is 1. The summed E-state index contributed by atoms with van der Waals surface area (Å²) in [7, 11) is 1.53. The Morgan fingerprint density at radius 1 is 1.40 bits per heavy atom. The van der Waals surface area contributed by atoms with Gasteiger partial charge >= 0.3 is 6.61 Å². The predicted molar refractivity (Wildman–Crippen MR) is 71.7 cm³/mol.